The molecule has 7 rings (SSSR count). The highest BCUT2D eigenvalue weighted by atomic mass is 16.8. The number of fused-ring (bicyclic) bond motifs is 1. The van der Waals surface area contributed by atoms with Crippen molar-refractivity contribution >= 4 is 6.16 Å². The van der Waals surface area contributed by atoms with Gasteiger partial charge in [-0.3, -0.25) is 0 Å². The van der Waals surface area contributed by atoms with Crippen LogP contribution in [-0.2, 0) is 69.1 Å². The molecule has 0 amide bonds. The van der Waals surface area contributed by atoms with Crippen LogP contribution in [0.4, 0.5) is 4.79 Å². The second kappa shape index (κ2) is 17.6. The van der Waals surface area contributed by atoms with Gasteiger partial charge in [-0.05, 0) is 28.3 Å². The van der Waals surface area contributed by atoms with Crippen LogP contribution < -0.4 is 0 Å². The van der Waals surface area contributed by atoms with Crippen molar-refractivity contribution in [2.45, 2.75) is 75.4 Å². The Morgan fingerprint density at radius 3 is 1.59 bits per heavy atom. The first-order valence-corrected chi connectivity index (χ1v) is 17.2. The van der Waals surface area contributed by atoms with Crippen LogP contribution >= 0.6 is 0 Å². The average Bonchev–Trinajstić information content (AvgIpc) is 3.57. The van der Waals surface area contributed by atoms with Gasteiger partial charge in [-0.25, -0.2) is 4.79 Å². The normalized spacial score (nSPS) is 26.9. The second-order valence-corrected chi connectivity index (χ2v) is 12.6. The van der Waals surface area contributed by atoms with Gasteiger partial charge in [0.2, 0.25) is 0 Å². The zero-order valence-electron chi connectivity index (χ0n) is 28.1. The summed E-state index contributed by atoms with van der Waals surface area (Å²) in [5, 5.41) is 0. The largest absolute Gasteiger partial charge is 0.509 e. The Morgan fingerprint density at radius 1 is 0.529 bits per heavy atom. The molecule has 0 saturated carbocycles. The number of benzene rings is 4. The lowest BCUT2D eigenvalue weighted by atomic mass is 9.98. The van der Waals surface area contributed by atoms with E-state index < -0.39 is 55.2 Å². The van der Waals surface area contributed by atoms with Crippen LogP contribution in [0.2, 0.25) is 0 Å². The van der Waals surface area contributed by atoms with Crippen LogP contribution in [0.15, 0.2) is 134 Å². The van der Waals surface area contributed by atoms with E-state index in [4.69, 9.17) is 42.6 Å². The van der Waals surface area contributed by atoms with Crippen LogP contribution in [0.1, 0.15) is 22.3 Å². The molecule has 3 aliphatic rings. The number of carbonyl (C=O) groups is 1. The maximum Gasteiger partial charge on any atom is 0.509 e. The minimum atomic E-state index is -1.02. The van der Waals surface area contributed by atoms with E-state index in [9.17, 15) is 4.79 Å². The number of hydrogen-bond donors (Lipinski definition) is 0. The fraction of sp³-hybridized carbons (Fsp3) is 0.341. The molecule has 2 saturated heterocycles. The van der Waals surface area contributed by atoms with Gasteiger partial charge in [0.25, 0.3) is 0 Å². The Morgan fingerprint density at radius 2 is 1.02 bits per heavy atom. The number of rotatable bonds is 16. The summed E-state index contributed by atoms with van der Waals surface area (Å²) in [6.45, 7) is 1.65. The lowest BCUT2D eigenvalue weighted by molar-refractivity contribution is -0.322. The molecule has 0 aromatic heterocycles. The van der Waals surface area contributed by atoms with Gasteiger partial charge in [0.15, 0.2) is 24.6 Å². The maximum absolute atomic E-state index is 12.6. The molecule has 0 radical (unpaired) electrons. The zero-order chi connectivity index (χ0) is 34.7. The molecule has 4 aromatic carbocycles. The molecular formula is C41H42O10. The second-order valence-electron chi connectivity index (χ2n) is 12.6. The van der Waals surface area contributed by atoms with Crippen LogP contribution in [-0.4, -0.2) is 68.4 Å². The summed E-state index contributed by atoms with van der Waals surface area (Å²) in [5.74, 6) is 0. The molecule has 4 aromatic rings. The molecule has 0 bridgehead atoms. The predicted molar refractivity (Wildman–Crippen MR) is 185 cm³/mol. The third-order valence-electron chi connectivity index (χ3n) is 8.92. The molecular weight excluding hydrogens is 652 g/mol. The van der Waals surface area contributed by atoms with Crippen molar-refractivity contribution in [2.75, 3.05) is 13.2 Å². The summed E-state index contributed by atoms with van der Waals surface area (Å²) in [6.07, 6.45) is -3.30. The standard InChI is InChI=1S/C41H42O10/c42-41-50-37-35(28-44-24-30-15-7-2-8-16-30)48-40(39(38(37)51-41)47-26-32-19-11-4-12-20-32)49-36-33(46-25-31-17-9-3-10-18-31)21-22-45-34(36)27-43-23-29-13-5-1-6-14-29/h1-22,33-40H,23-28H2/t33-,34?,35?,36+,37-,38-,39+,40?/m0/s1. The first kappa shape index (κ1) is 34.9. The summed E-state index contributed by atoms with van der Waals surface area (Å²) in [7, 11) is 0. The van der Waals surface area contributed by atoms with E-state index in [1.165, 1.54) is 0 Å². The van der Waals surface area contributed by atoms with Gasteiger partial charge >= 0.3 is 6.16 Å². The SMILES string of the molecule is O=C1O[C@H]2[C@@H](O1)C(COCc1ccccc1)OC(O[C@H]1C(COCc3ccccc3)OC=C[C@@H]1OCc1ccccc1)[C@@H]2OCc1ccccc1. The van der Waals surface area contributed by atoms with E-state index in [0.29, 0.717) is 19.8 Å². The molecule has 10 heteroatoms. The minimum Gasteiger partial charge on any atom is -0.493 e. The van der Waals surface area contributed by atoms with Gasteiger partial charge in [0.05, 0.1) is 45.9 Å². The summed E-state index contributed by atoms with van der Waals surface area (Å²) in [4.78, 5) is 12.6. The van der Waals surface area contributed by atoms with Gasteiger partial charge in [0.1, 0.15) is 24.4 Å². The quantitative estimate of drug-likeness (QED) is 0.121. The van der Waals surface area contributed by atoms with E-state index in [-0.39, 0.29) is 19.8 Å². The molecule has 266 valence electrons. The fourth-order valence-electron chi connectivity index (χ4n) is 6.32. The monoisotopic (exact) mass is 694 g/mol. The maximum atomic E-state index is 12.6. The van der Waals surface area contributed by atoms with Crippen molar-refractivity contribution in [3.05, 3.63) is 156 Å². The lowest BCUT2D eigenvalue weighted by Crippen LogP contribution is -2.61. The van der Waals surface area contributed by atoms with Crippen LogP contribution in [0.5, 0.6) is 0 Å². The van der Waals surface area contributed by atoms with Crippen molar-refractivity contribution in [3.8, 4) is 0 Å². The molecule has 0 N–H and O–H groups in total. The molecule has 3 aliphatic heterocycles. The number of ether oxygens (including phenoxy) is 9. The molecule has 2 fully saturated rings. The van der Waals surface area contributed by atoms with E-state index in [1.807, 2.05) is 127 Å². The number of carbonyl (C=O) groups excluding carboxylic acids is 1. The van der Waals surface area contributed by atoms with Crippen LogP contribution in [0, 0.1) is 0 Å². The van der Waals surface area contributed by atoms with Gasteiger partial charge in [-0.15, -0.1) is 0 Å². The fourth-order valence-corrected chi connectivity index (χ4v) is 6.32. The van der Waals surface area contributed by atoms with Crippen molar-refractivity contribution < 1.29 is 47.4 Å². The van der Waals surface area contributed by atoms with Crippen molar-refractivity contribution in [3.63, 3.8) is 0 Å². The van der Waals surface area contributed by atoms with Crippen LogP contribution in [0.3, 0.4) is 0 Å². The molecule has 10 nitrogen and oxygen atoms in total. The summed E-state index contributed by atoms with van der Waals surface area (Å²) in [5.41, 5.74) is 3.99. The van der Waals surface area contributed by atoms with E-state index in [0.717, 1.165) is 22.3 Å². The summed E-state index contributed by atoms with van der Waals surface area (Å²) < 4.78 is 56.1. The molecule has 51 heavy (non-hydrogen) atoms. The molecule has 3 heterocycles. The molecule has 3 unspecified atom stereocenters. The molecule has 0 spiro atoms. The Bertz CT molecular complexity index is 1660. The van der Waals surface area contributed by atoms with E-state index in [1.54, 1.807) is 6.26 Å². The minimum absolute atomic E-state index is 0.122. The smallest absolute Gasteiger partial charge is 0.493 e. The summed E-state index contributed by atoms with van der Waals surface area (Å²) >= 11 is 0. The third-order valence-corrected chi connectivity index (χ3v) is 8.92. The van der Waals surface area contributed by atoms with Crippen molar-refractivity contribution in [2.24, 2.45) is 0 Å². The van der Waals surface area contributed by atoms with E-state index in [2.05, 4.69) is 0 Å². The van der Waals surface area contributed by atoms with Gasteiger partial charge < -0.3 is 42.6 Å². The Balaban J connectivity index is 1.13. The third kappa shape index (κ3) is 9.42. The topological polar surface area (TPSA) is 100 Å². The molecule has 8 atom stereocenters. The lowest BCUT2D eigenvalue weighted by Gasteiger charge is -2.44. The van der Waals surface area contributed by atoms with Gasteiger partial charge in [0, 0.05) is 0 Å². The average molecular weight is 695 g/mol. The van der Waals surface area contributed by atoms with E-state index >= 15 is 0 Å². The van der Waals surface area contributed by atoms with Crippen LogP contribution in [0.25, 0.3) is 0 Å². The highest BCUT2D eigenvalue weighted by molar-refractivity contribution is 5.63. The highest BCUT2D eigenvalue weighted by Crippen LogP contribution is 2.36. The van der Waals surface area contributed by atoms with Crippen molar-refractivity contribution in [1.82, 2.24) is 0 Å². The highest BCUT2D eigenvalue weighted by Gasteiger charge is 2.56. The predicted octanol–water partition coefficient (Wildman–Crippen LogP) is 6.52. The Labute approximate surface area is 297 Å². The van der Waals surface area contributed by atoms with Gasteiger partial charge in [-0.2, -0.15) is 0 Å². The Kier molecular flexibility index (Phi) is 12.0. The first-order valence-electron chi connectivity index (χ1n) is 17.2. The van der Waals surface area contributed by atoms with Crippen molar-refractivity contribution in [1.29, 1.82) is 0 Å². The Hall–Kier alpha value is -4.55. The van der Waals surface area contributed by atoms with Gasteiger partial charge in [-0.1, -0.05) is 121 Å². The summed E-state index contributed by atoms with van der Waals surface area (Å²) in [6, 6.07) is 39.4. The number of hydrogen-bond acceptors (Lipinski definition) is 10. The first-order chi connectivity index (χ1) is 25.2. The zero-order valence-corrected chi connectivity index (χ0v) is 28.1. The molecule has 0 aliphatic carbocycles.